The number of aromatic hydroxyl groups is 1. The smallest absolute Gasteiger partial charge is 0.503 e. The summed E-state index contributed by atoms with van der Waals surface area (Å²) in [7, 11) is 0.750. The highest BCUT2D eigenvalue weighted by Crippen LogP contribution is 2.43. The van der Waals surface area contributed by atoms with Crippen LogP contribution >= 0.6 is 0 Å². The number of alkyl halides is 6. The fourth-order valence-corrected chi connectivity index (χ4v) is 1.22. The Bertz CT molecular complexity index is 524. The van der Waals surface area contributed by atoms with E-state index in [2.05, 4.69) is 14.5 Å². The van der Waals surface area contributed by atoms with Gasteiger partial charge in [-0.2, -0.15) is 13.2 Å². The van der Waals surface area contributed by atoms with E-state index in [0.717, 1.165) is 7.11 Å². The zero-order valence-corrected chi connectivity index (χ0v) is 9.46. The van der Waals surface area contributed by atoms with Gasteiger partial charge in [-0.15, -0.1) is 13.2 Å². The Morgan fingerprint density at radius 3 is 2.20 bits per heavy atom. The van der Waals surface area contributed by atoms with Crippen LogP contribution in [0.5, 0.6) is 11.6 Å². The van der Waals surface area contributed by atoms with Gasteiger partial charge in [0.05, 0.1) is 12.7 Å². The lowest BCUT2D eigenvalue weighted by molar-refractivity contribution is -0.276. The van der Waals surface area contributed by atoms with Gasteiger partial charge >= 0.3 is 18.5 Å². The third-order valence-electron chi connectivity index (χ3n) is 1.92. The summed E-state index contributed by atoms with van der Waals surface area (Å²) >= 11 is 0. The Hall–Kier alpha value is -2.20. The summed E-state index contributed by atoms with van der Waals surface area (Å²) < 4.78 is 81.0. The number of hydrogen-bond donors (Lipinski definition) is 1. The van der Waals surface area contributed by atoms with Gasteiger partial charge in [0.1, 0.15) is 5.56 Å². The molecule has 0 aliphatic heterocycles. The Labute approximate surface area is 106 Å². The monoisotopic (exact) mass is 305 g/mol. The van der Waals surface area contributed by atoms with Crippen molar-refractivity contribution in [1.29, 1.82) is 0 Å². The third-order valence-corrected chi connectivity index (χ3v) is 1.92. The van der Waals surface area contributed by atoms with Gasteiger partial charge in [-0.25, -0.2) is 9.78 Å². The molecule has 1 heterocycles. The van der Waals surface area contributed by atoms with E-state index in [0.29, 0.717) is 0 Å². The lowest BCUT2D eigenvalue weighted by atomic mass is 10.1. The Morgan fingerprint density at radius 1 is 1.25 bits per heavy atom. The van der Waals surface area contributed by atoms with Crippen LogP contribution in [-0.4, -0.2) is 29.5 Å². The maximum absolute atomic E-state index is 12.7. The van der Waals surface area contributed by atoms with E-state index in [1.54, 1.807) is 0 Å². The average molecular weight is 305 g/mol. The van der Waals surface area contributed by atoms with Crippen molar-refractivity contribution < 1.29 is 45.7 Å². The van der Waals surface area contributed by atoms with E-state index < -0.39 is 41.3 Å². The van der Waals surface area contributed by atoms with Crippen molar-refractivity contribution in [3.05, 3.63) is 17.3 Å². The predicted molar refractivity (Wildman–Crippen MR) is 48.9 cm³/mol. The van der Waals surface area contributed by atoms with E-state index in [9.17, 15) is 36.2 Å². The maximum atomic E-state index is 12.7. The molecule has 0 bridgehead atoms. The molecular formula is C9H5F6NO4. The van der Waals surface area contributed by atoms with Crippen LogP contribution in [0.1, 0.15) is 15.9 Å². The third kappa shape index (κ3) is 3.42. The van der Waals surface area contributed by atoms with Crippen molar-refractivity contribution in [3.8, 4) is 11.6 Å². The largest absolute Gasteiger partial charge is 0.574 e. The molecule has 1 aromatic rings. The molecule has 0 aliphatic rings. The molecule has 0 fully saturated rings. The van der Waals surface area contributed by atoms with E-state index in [1.165, 1.54) is 0 Å². The number of pyridine rings is 1. The van der Waals surface area contributed by atoms with Crippen LogP contribution in [0, 0.1) is 0 Å². The molecular weight excluding hydrogens is 300 g/mol. The minimum Gasteiger partial charge on any atom is -0.503 e. The normalized spacial score (nSPS) is 12.2. The standard InChI is InChI=1S/C9H5F6NO4/c1-19-7(18)3-2-16-6(20-9(13,14)15)5(17)4(3)8(10,11)12/h2,17H,1H3. The molecule has 0 radical (unpaired) electrons. The number of methoxy groups -OCH3 is 1. The number of halogens is 6. The van der Waals surface area contributed by atoms with E-state index in [1.807, 2.05) is 0 Å². The van der Waals surface area contributed by atoms with Gasteiger partial charge in [-0.3, -0.25) is 0 Å². The molecule has 0 amide bonds. The molecule has 5 nitrogen and oxygen atoms in total. The first kappa shape index (κ1) is 15.9. The molecule has 0 atom stereocenters. The van der Waals surface area contributed by atoms with Crippen molar-refractivity contribution in [2.24, 2.45) is 0 Å². The molecule has 1 N–H and O–H groups in total. The van der Waals surface area contributed by atoms with Crippen LogP contribution < -0.4 is 4.74 Å². The summed E-state index contributed by atoms with van der Waals surface area (Å²) in [6.07, 6.45) is -10.5. The van der Waals surface area contributed by atoms with E-state index in [-0.39, 0.29) is 6.20 Å². The lowest BCUT2D eigenvalue weighted by Crippen LogP contribution is -2.20. The number of esters is 1. The number of nitrogens with zero attached hydrogens (tertiary/aromatic N) is 1. The van der Waals surface area contributed by atoms with Crippen molar-refractivity contribution in [2.45, 2.75) is 12.5 Å². The van der Waals surface area contributed by atoms with Crippen LogP contribution in [-0.2, 0) is 10.9 Å². The van der Waals surface area contributed by atoms with Crippen molar-refractivity contribution in [3.63, 3.8) is 0 Å². The number of rotatable bonds is 2. The summed E-state index contributed by atoms with van der Waals surface area (Å²) in [6.45, 7) is 0. The minimum atomic E-state index is -5.36. The van der Waals surface area contributed by atoms with Gasteiger partial charge in [0.2, 0.25) is 0 Å². The number of carbonyl (C=O) groups is 1. The fraction of sp³-hybridized carbons (Fsp3) is 0.333. The highest BCUT2D eigenvalue weighted by atomic mass is 19.4. The van der Waals surface area contributed by atoms with Crippen molar-refractivity contribution >= 4 is 5.97 Å². The topological polar surface area (TPSA) is 68.7 Å². The summed E-state index contributed by atoms with van der Waals surface area (Å²) in [6, 6.07) is 0. The molecule has 20 heavy (non-hydrogen) atoms. The predicted octanol–water partition coefficient (Wildman–Crippen LogP) is 2.49. The van der Waals surface area contributed by atoms with Gasteiger partial charge < -0.3 is 14.6 Å². The second-order valence-electron chi connectivity index (χ2n) is 3.24. The highest BCUT2D eigenvalue weighted by Gasteiger charge is 2.43. The van der Waals surface area contributed by atoms with Gasteiger partial charge in [-0.1, -0.05) is 0 Å². The molecule has 1 aromatic heterocycles. The molecule has 0 aliphatic carbocycles. The zero-order valence-electron chi connectivity index (χ0n) is 9.46. The SMILES string of the molecule is COC(=O)c1cnc(OC(F)(F)F)c(O)c1C(F)(F)F. The molecule has 0 aromatic carbocycles. The number of hydrogen-bond acceptors (Lipinski definition) is 5. The minimum absolute atomic E-state index is 0.162. The first-order valence-corrected chi connectivity index (χ1v) is 4.60. The van der Waals surface area contributed by atoms with E-state index >= 15 is 0 Å². The Kier molecular flexibility index (Phi) is 4.01. The fourth-order valence-electron chi connectivity index (χ4n) is 1.22. The highest BCUT2D eigenvalue weighted by molar-refractivity contribution is 5.92. The maximum Gasteiger partial charge on any atom is 0.574 e. The number of aromatic nitrogens is 1. The van der Waals surface area contributed by atoms with Crippen LogP contribution in [0.15, 0.2) is 6.20 Å². The van der Waals surface area contributed by atoms with Gasteiger partial charge in [0, 0.05) is 6.20 Å². The zero-order chi connectivity index (χ0) is 15.7. The van der Waals surface area contributed by atoms with Crippen LogP contribution in [0.25, 0.3) is 0 Å². The summed E-state index contributed by atoms with van der Waals surface area (Å²) in [5, 5.41) is 9.20. The van der Waals surface area contributed by atoms with Crippen molar-refractivity contribution in [1.82, 2.24) is 4.98 Å². The van der Waals surface area contributed by atoms with Crippen LogP contribution in [0.3, 0.4) is 0 Å². The lowest BCUT2D eigenvalue weighted by Gasteiger charge is -2.16. The Balaban J connectivity index is 3.48. The first-order valence-electron chi connectivity index (χ1n) is 4.60. The molecule has 112 valence electrons. The van der Waals surface area contributed by atoms with Crippen LogP contribution in [0.4, 0.5) is 26.3 Å². The molecule has 0 saturated heterocycles. The van der Waals surface area contributed by atoms with Gasteiger partial charge in [0.15, 0.2) is 5.75 Å². The Morgan fingerprint density at radius 2 is 1.80 bits per heavy atom. The first-order chi connectivity index (χ1) is 8.97. The molecule has 11 heteroatoms. The van der Waals surface area contributed by atoms with Gasteiger partial charge in [-0.05, 0) is 0 Å². The molecule has 0 spiro atoms. The summed E-state index contributed by atoms with van der Waals surface area (Å²) in [4.78, 5) is 13.9. The summed E-state index contributed by atoms with van der Waals surface area (Å²) in [5.41, 5.74) is -3.27. The van der Waals surface area contributed by atoms with Gasteiger partial charge in [0.25, 0.3) is 5.88 Å². The quantitative estimate of drug-likeness (QED) is 0.671. The second kappa shape index (κ2) is 5.06. The van der Waals surface area contributed by atoms with Crippen LogP contribution in [0.2, 0.25) is 0 Å². The summed E-state index contributed by atoms with van der Waals surface area (Å²) in [5.74, 6) is -5.21. The number of ether oxygens (including phenoxy) is 2. The van der Waals surface area contributed by atoms with Crippen molar-refractivity contribution in [2.75, 3.05) is 7.11 Å². The molecule has 0 unspecified atom stereocenters. The molecule has 0 saturated carbocycles. The second-order valence-corrected chi connectivity index (χ2v) is 3.24. The molecule has 1 rings (SSSR count). The average Bonchev–Trinajstić information content (AvgIpc) is 2.27. The van der Waals surface area contributed by atoms with E-state index in [4.69, 9.17) is 0 Å². The number of carbonyl (C=O) groups excluding carboxylic acids is 1.